The van der Waals surface area contributed by atoms with Gasteiger partial charge in [0.1, 0.15) is 6.10 Å². The number of pyridine rings is 1. The maximum Gasteiger partial charge on any atom is 0.414 e. The topological polar surface area (TPSA) is 77.8 Å². The fourth-order valence-electron chi connectivity index (χ4n) is 6.41. The van der Waals surface area contributed by atoms with Crippen LogP contribution in [-0.2, 0) is 15.8 Å². The maximum absolute atomic E-state index is 13.9. The van der Waals surface area contributed by atoms with E-state index in [2.05, 4.69) is 45.0 Å². The summed E-state index contributed by atoms with van der Waals surface area (Å²) in [6, 6.07) is 32.7. The molecular weight excluding hydrogens is 695 g/mol. The summed E-state index contributed by atoms with van der Waals surface area (Å²) in [5.74, 6) is -0.0385. The van der Waals surface area contributed by atoms with E-state index in [4.69, 9.17) is 32.4 Å². The Hall–Kier alpha value is -3.99. The molecule has 1 atom stereocenters. The van der Waals surface area contributed by atoms with E-state index in [1.165, 1.54) is 20.8 Å². The first kappa shape index (κ1) is 34.9. The van der Waals surface area contributed by atoms with Crippen LogP contribution in [0.1, 0.15) is 48.8 Å². The third-order valence-corrected chi connectivity index (χ3v) is 15.4. The number of ether oxygens (including phenoxy) is 1. The van der Waals surface area contributed by atoms with Crippen molar-refractivity contribution in [2.24, 2.45) is 0 Å². The highest BCUT2D eigenvalue weighted by Crippen LogP contribution is 2.37. The summed E-state index contributed by atoms with van der Waals surface area (Å²) in [6.07, 6.45) is 1.34. The molecule has 2 aromatic heterocycles. The number of Topliss-reactive ketones (excluding diaryl/α,β-unsaturated/α-hetero) is 1. The number of hydrogen-bond acceptors (Lipinski definition) is 6. The predicted octanol–water partition coefficient (Wildman–Crippen LogP) is 8.27. The van der Waals surface area contributed by atoms with Gasteiger partial charge in [-0.2, -0.15) is 0 Å². The molecule has 11 heteroatoms. The standard InChI is InChI=1S/C38H36Cl2N2O5SSi/c1-38(2,3)49(29-12-6-4-7-13-29,30-14-8-5-9-15-30)46-25-26-11-10-22-41(36(26)44)32-18-16-27(23-31(32)39)42-24-28(47-37(42)45)17-19-33(43)34-20-21-35(40)48-34/h4-16,18,20-23,28H,17,19,24-25H2,1-3H3/t28-/m0/s1. The Labute approximate surface area is 300 Å². The molecule has 1 amide bonds. The summed E-state index contributed by atoms with van der Waals surface area (Å²) in [5.41, 5.74) is 1.28. The number of rotatable bonds is 11. The summed E-state index contributed by atoms with van der Waals surface area (Å²) in [5, 5.41) is 2.31. The lowest BCUT2D eigenvalue weighted by atomic mass is 10.1. The normalized spacial score (nSPS) is 15.0. The summed E-state index contributed by atoms with van der Waals surface area (Å²) in [4.78, 5) is 41.3. The smallest absolute Gasteiger partial charge is 0.414 e. The molecule has 0 bridgehead atoms. The van der Waals surface area contributed by atoms with Gasteiger partial charge in [0.15, 0.2) is 5.78 Å². The van der Waals surface area contributed by atoms with Crippen LogP contribution in [0.2, 0.25) is 14.4 Å². The van der Waals surface area contributed by atoms with E-state index in [1.54, 1.807) is 42.6 Å². The van der Waals surface area contributed by atoms with Gasteiger partial charge in [0.25, 0.3) is 13.9 Å². The zero-order valence-corrected chi connectivity index (χ0v) is 30.7. The number of carbonyl (C=O) groups is 2. The first-order valence-electron chi connectivity index (χ1n) is 16.0. The Kier molecular flexibility index (Phi) is 10.3. The van der Waals surface area contributed by atoms with Gasteiger partial charge in [-0.1, -0.05) is 105 Å². The zero-order chi connectivity index (χ0) is 34.8. The van der Waals surface area contributed by atoms with Crippen LogP contribution >= 0.6 is 34.5 Å². The Bertz CT molecular complexity index is 1990. The number of cyclic esters (lactones) is 1. The average Bonchev–Trinajstić information content (AvgIpc) is 3.70. The van der Waals surface area contributed by atoms with Crippen LogP contribution < -0.4 is 20.8 Å². The molecule has 0 N–H and O–H groups in total. The van der Waals surface area contributed by atoms with E-state index in [0.717, 1.165) is 10.4 Å². The number of thiophene rings is 1. The average molecular weight is 732 g/mol. The molecule has 5 aromatic rings. The van der Waals surface area contributed by atoms with Crippen molar-refractivity contribution in [1.29, 1.82) is 0 Å². The van der Waals surface area contributed by atoms with Gasteiger partial charge in [-0.05, 0) is 64.3 Å². The number of halogens is 2. The molecule has 252 valence electrons. The van der Waals surface area contributed by atoms with Gasteiger partial charge in [-0.25, -0.2) is 4.79 Å². The maximum atomic E-state index is 13.9. The minimum absolute atomic E-state index is 0.0385. The molecule has 7 nitrogen and oxygen atoms in total. The van der Waals surface area contributed by atoms with Crippen molar-refractivity contribution < 1.29 is 18.8 Å². The number of carbonyl (C=O) groups excluding carboxylic acids is 2. The number of aromatic nitrogens is 1. The monoisotopic (exact) mass is 730 g/mol. The molecule has 1 fully saturated rings. The first-order chi connectivity index (χ1) is 23.5. The van der Waals surface area contributed by atoms with E-state index >= 15 is 0 Å². The van der Waals surface area contributed by atoms with Gasteiger partial charge in [0, 0.05) is 23.9 Å². The van der Waals surface area contributed by atoms with E-state index in [0.29, 0.717) is 37.6 Å². The molecule has 3 aromatic carbocycles. The van der Waals surface area contributed by atoms with Crippen LogP contribution in [0.5, 0.6) is 0 Å². The summed E-state index contributed by atoms with van der Waals surface area (Å²) < 4.78 is 14.6. The Morgan fingerprint density at radius 1 is 0.918 bits per heavy atom. The summed E-state index contributed by atoms with van der Waals surface area (Å²) in [6.45, 7) is 6.99. The van der Waals surface area contributed by atoms with Gasteiger partial charge < -0.3 is 9.16 Å². The molecule has 1 aliphatic rings. The second kappa shape index (κ2) is 14.5. The fourth-order valence-corrected chi connectivity index (χ4v) is 12.2. The van der Waals surface area contributed by atoms with Crippen molar-refractivity contribution in [2.45, 2.75) is 51.4 Å². The number of anilines is 1. The van der Waals surface area contributed by atoms with Crippen LogP contribution in [0.4, 0.5) is 10.5 Å². The van der Waals surface area contributed by atoms with Crippen LogP contribution in [0.3, 0.4) is 0 Å². The van der Waals surface area contributed by atoms with Crippen LogP contribution in [0.15, 0.2) is 114 Å². The highest BCUT2D eigenvalue weighted by atomic mass is 35.5. The molecule has 1 saturated heterocycles. The number of hydrogen-bond donors (Lipinski definition) is 0. The van der Waals surface area contributed by atoms with E-state index in [9.17, 15) is 14.4 Å². The van der Waals surface area contributed by atoms with Crippen molar-refractivity contribution in [2.75, 3.05) is 11.4 Å². The Morgan fingerprint density at radius 2 is 1.59 bits per heavy atom. The van der Waals surface area contributed by atoms with Gasteiger partial charge in [0.05, 0.1) is 33.1 Å². The Morgan fingerprint density at radius 3 is 2.18 bits per heavy atom. The molecule has 0 radical (unpaired) electrons. The Balaban J connectivity index is 1.21. The molecule has 0 spiro atoms. The lowest BCUT2D eigenvalue weighted by molar-refractivity contribution is 0.0943. The molecular formula is C38H36Cl2N2O5SSi. The molecule has 0 aliphatic carbocycles. The van der Waals surface area contributed by atoms with Crippen molar-refractivity contribution in [3.8, 4) is 5.69 Å². The predicted molar refractivity (Wildman–Crippen MR) is 200 cm³/mol. The van der Waals surface area contributed by atoms with Gasteiger partial charge >= 0.3 is 6.09 Å². The van der Waals surface area contributed by atoms with Gasteiger partial charge in [-0.3, -0.25) is 19.1 Å². The largest absolute Gasteiger partial charge is 0.444 e. The number of benzene rings is 3. The quantitative estimate of drug-likeness (QED) is 0.101. The van der Waals surface area contributed by atoms with Gasteiger partial charge in [-0.15, -0.1) is 11.3 Å². The van der Waals surface area contributed by atoms with Crippen molar-refractivity contribution in [3.63, 3.8) is 0 Å². The van der Waals surface area contributed by atoms with E-state index in [-0.39, 0.29) is 36.0 Å². The van der Waals surface area contributed by atoms with Crippen LogP contribution in [0.25, 0.3) is 5.69 Å². The molecule has 0 unspecified atom stereocenters. The number of ketones is 1. The van der Waals surface area contributed by atoms with Crippen LogP contribution in [0, 0.1) is 0 Å². The lowest BCUT2D eigenvalue weighted by Gasteiger charge is -2.43. The highest BCUT2D eigenvalue weighted by Gasteiger charge is 2.50. The molecule has 49 heavy (non-hydrogen) atoms. The van der Waals surface area contributed by atoms with Crippen LogP contribution in [-0.4, -0.2) is 37.4 Å². The second-order valence-corrected chi connectivity index (χ2v) is 19.4. The molecule has 3 heterocycles. The molecule has 1 aliphatic heterocycles. The molecule has 0 saturated carbocycles. The third-order valence-electron chi connectivity index (χ3n) is 8.80. The van der Waals surface area contributed by atoms with E-state index < -0.39 is 20.5 Å². The fraction of sp³-hybridized carbons (Fsp3) is 0.237. The zero-order valence-electron chi connectivity index (χ0n) is 27.4. The highest BCUT2D eigenvalue weighted by molar-refractivity contribution is 7.18. The summed E-state index contributed by atoms with van der Waals surface area (Å²) >= 11 is 14.0. The second-order valence-electron chi connectivity index (χ2n) is 13.0. The summed E-state index contributed by atoms with van der Waals surface area (Å²) in [7, 11) is -2.87. The number of amides is 1. The van der Waals surface area contributed by atoms with Crippen molar-refractivity contribution in [1.82, 2.24) is 4.57 Å². The van der Waals surface area contributed by atoms with Gasteiger partial charge in [0.2, 0.25) is 0 Å². The number of nitrogens with zero attached hydrogens (tertiary/aromatic N) is 2. The SMILES string of the molecule is CC(C)(C)[Si](OCc1cccn(-c2ccc(N3C[C@H](CCC(=O)c4ccc(Cl)s4)OC3=O)cc2Cl)c1=O)(c1ccccc1)c1ccccc1. The first-order valence-corrected chi connectivity index (χ1v) is 19.5. The van der Waals surface area contributed by atoms with Crippen molar-refractivity contribution >= 4 is 70.8 Å². The molecule has 6 rings (SSSR count). The lowest BCUT2D eigenvalue weighted by Crippen LogP contribution is -2.66. The minimum atomic E-state index is -2.87. The minimum Gasteiger partial charge on any atom is -0.444 e. The third kappa shape index (κ3) is 7.18. The van der Waals surface area contributed by atoms with E-state index in [1.807, 2.05) is 42.5 Å². The van der Waals surface area contributed by atoms with Crippen molar-refractivity contribution in [3.05, 3.63) is 139 Å².